The van der Waals surface area contributed by atoms with Crippen molar-refractivity contribution < 1.29 is 17.6 Å². The van der Waals surface area contributed by atoms with Gasteiger partial charge in [0.2, 0.25) is 15.9 Å². The summed E-state index contributed by atoms with van der Waals surface area (Å²) in [6, 6.07) is 14.5. The Morgan fingerprint density at radius 2 is 1.59 bits per heavy atom. The number of benzene rings is 2. The van der Waals surface area contributed by atoms with Crippen LogP contribution in [0.1, 0.15) is 0 Å². The molecular formula is C19H19FN2O3S2. The van der Waals surface area contributed by atoms with Crippen LogP contribution in [0.15, 0.2) is 75.9 Å². The molecule has 0 bridgehead atoms. The molecule has 142 valence electrons. The summed E-state index contributed by atoms with van der Waals surface area (Å²) < 4.78 is 39.5. The maximum Gasteiger partial charge on any atom is 0.247 e. The molecule has 0 N–H and O–H groups in total. The van der Waals surface area contributed by atoms with Crippen LogP contribution in [0.3, 0.4) is 0 Å². The molecule has 2 aromatic carbocycles. The quantitative estimate of drug-likeness (QED) is 0.566. The lowest BCUT2D eigenvalue weighted by molar-refractivity contribution is -0.127. The third-order valence-corrected chi connectivity index (χ3v) is 6.89. The molecule has 0 radical (unpaired) electrons. The molecule has 5 nitrogen and oxygen atoms in total. The minimum absolute atomic E-state index is 0.0582. The molecule has 27 heavy (non-hydrogen) atoms. The van der Waals surface area contributed by atoms with Crippen LogP contribution in [0, 0.1) is 5.82 Å². The van der Waals surface area contributed by atoms with E-state index >= 15 is 0 Å². The van der Waals surface area contributed by atoms with Crippen molar-refractivity contribution in [3.63, 3.8) is 0 Å². The summed E-state index contributed by atoms with van der Waals surface area (Å²) in [5, 5.41) is 1.74. The monoisotopic (exact) mass is 406 g/mol. The van der Waals surface area contributed by atoms with Crippen molar-refractivity contribution >= 4 is 27.7 Å². The van der Waals surface area contributed by atoms with Crippen LogP contribution in [0.2, 0.25) is 0 Å². The largest absolute Gasteiger partial charge is 0.336 e. The van der Waals surface area contributed by atoms with Gasteiger partial charge in [0, 0.05) is 37.2 Å². The Kier molecular flexibility index (Phi) is 6.30. The van der Waals surface area contributed by atoms with E-state index in [2.05, 4.69) is 0 Å². The number of thioether (sulfide) groups is 1. The molecule has 1 fully saturated rings. The van der Waals surface area contributed by atoms with Gasteiger partial charge in [-0.3, -0.25) is 4.79 Å². The number of nitrogens with zero attached hydrogens (tertiary/aromatic N) is 2. The van der Waals surface area contributed by atoms with Crippen molar-refractivity contribution in [3.8, 4) is 0 Å². The van der Waals surface area contributed by atoms with E-state index in [-0.39, 0.29) is 23.9 Å². The first-order chi connectivity index (χ1) is 13.0. The first-order valence-corrected chi connectivity index (χ1v) is 10.7. The number of piperazine rings is 1. The Balaban J connectivity index is 1.55. The van der Waals surface area contributed by atoms with Crippen molar-refractivity contribution in [2.45, 2.75) is 9.79 Å². The molecule has 0 saturated carbocycles. The summed E-state index contributed by atoms with van der Waals surface area (Å²) in [6.07, 6.45) is 1.50. The van der Waals surface area contributed by atoms with E-state index in [0.717, 1.165) is 17.0 Å². The zero-order valence-corrected chi connectivity index (χ0v) is 16.1. The van der Waals surface area contributed by atoms with Crippen LogP contribution < -0.4 is 0 Å². The lowest BCUT2D eigenvalue weighted by atomic mass is 10.3. The standard InChI is InChI=1S/C19H19FN2O3S2/c20-16-6-8-18(9-7-16)27(24,25)22-13-11-21(12-14-22)19(23)10-15-26-17-4-2-1-3-5-17/h1-10,15H,11-14H2/b15-10+. The van der Waals surface area contributed by atoms with Gasteiger partial charge in [-0.1, -0.05) is 30.0 Å². The molecule has 3 rings (SSSR count). The molecule has 0 aromatic heterocycles. The van der Waals surface area contributed by atoms with Crippen LogP contribution in [0.25, 0.3) is 0 Å². The van der Waals surface area contributed by atoms with Crippen molar-refractivity contribution in [2.75, 3.05) is 26.2 Å². The second-order valence-corrected chi connectivity index (χ2v) is 8.83. The molecule has 8 heteroatoms. The minimum atomic E-state index is -3.67. The number of amides is 1. The summed E-state index contributed by atoms with van der Waals surface area (Å²) >= 11 is 1.45. The summed E-state index contributed by atoms with van der Waals surface area (Å²) in [5.41, 5.74) is 0. The second kappa shape index (κ2) is 8.69. The van der Waals surface area contributed by atoms with E-state index in [4.69, 9.17) is 0 Å². The predicted octanol–water partition coefficient (Wildman–Crippen LogP) is 2.96. The first kappa shape index (κ1) is 19.6. The first-order valence-electron chi connectivity index (χ1n) is 8.40. The van der Waals surface area contributed by atoms with Gasteiger partial charge in [0.05, 0.1) is 4.90 Å². The Bertz CT molecular complexity index is 908. The summed E-state index contributed by atoms with van der Waals surface area (Å²) in [4.78, 5) is 15.0. The van der Waals surface area contributed by atoms with Gasteiger partial charge >= 0.3 is 0 Å². The van der Waals surface area contributed by atoms with Crippen LogP contribution in [-0.2, 0) is 14.8 Å². The van der Waals surface area contributed by atoms with Gasteiger partial charge < -0.3 is 4.90 Å². The fourth-order valence-electron chi connectivity index (χ4n) is 2.68. The van der Waals surface area contributed by atoms with Crippen LogP contribution in [0.4, 0.5) is 4.39 Å². The topological polar surface area (TPSA) is 57.7 Å². The molecule has 1 amide bonds. The van der Waals surface area contributed by atoms with Crippen molar-refractivity contribution in [1.82, 2.24) is 9.21 Å². The fourth-order valence-corrected chi connectivity index (χ4v) is 4.76. The Hall–Kier alpha value is -2.16. The van der Waals surface area contributed by atoms with Crippen molar-refractivity contribution in [2.24, 2.45) is 0 Å². The predicted molar refractivity (Wildman–Crippen MR) is 103 cm³/mol. The highest BCUT2D eigenvalue weighted by molar-refractivity contribution is 8.02. The van der Waals surface area contributed by atoms with Crippen LogP contribution >= 0.6 is 11.8 Å². The molecular weight excluding hydrogens is 387 g/mol. The lowest BCUT2D eigenvalue weighted by Gasteiger charge is -2.33. The summed E-state index contributed by atoms with van der Waals surface area (Å²) in [7, 11) is -3.67. The maximum atomic E-state index is 13.0. The molecule has 0 spiro atoms. The van der Waals surface area contributed by atoms with Crippen molar-refractivity contribution in [3.05, 3.63) is 71.9 Å². The zero-order chi connectivity index (χ0) is 19.3. The van der Waals surface area contributed by atoms with E-state index in [1.807, 2.05) is 30.3 Å². The SMILES string of the molecule is O=C(/C=C/Sc1ccccc1)N1CCN(S(=O)(=O)c2ccc(F)cc2)CC1. The number of hydrogen-bond donors (Lipinski definition) is 0. The van der Waals surface area contributed by atoms with Gasteiger partial charge in [-0.05, 0) is 41.8 Å². The van der Waals surface area contributed by atoms with Gasteiger partial charge in [0.1, 0.15) is 5.82 Å². The van der Waals surface area contributed by atoms with Gasteiger partial charge in [0.15, 0.2) is 0 Å². The van der Waals surface area contributed by atoms with E-state index in [1.54, 1.807) is 10.3 Å². The zero-order valence-electron chi connectivity index (χ0n) is 14.5. The van der Waals surface area contributed by atoms with Gasteiger partial charge in [-0.2, -0.15) is 4.31 Å². The van der Waals surface area contributed by atoms with Crippen LogP contribution in [0.5, 0.6) is 0 Å². The normalized spacial score (nSPS) is 16.0. The average molecular weight is 407 g/mol. The Labute approximate surface area is 162 Å². The number of sulfonamides is 1. The van der Waals surface area contributed by atoms with Crippen molar-refractivity contribution in [1.29, 1.82) is 0 Å². The minimum Gasteiger partial charge on any atom is -0.336 e. The van der Waals surface area contributed by atoms with E-state index < -0.39 is 15.8 Å². The Morgan fingerprint density at radius 1 is 0.963 bits per heavy atom. The third-order valence-electron chi connectivity index (χ3n) is 4.16. The molecule has 1 heterocycles. The van der Waals surface area contributed by atoms with E-state index in [1.165, 1.54) is 34.3 Å². The highest BCUT2D eigenvalue weighted by Crippen LogP contribution is 2.20. The maximum absolute atomic E-state index is 13.0. The molecule has 2 aromatic rings. The van der Waals surface area contributed by atoms with Gasteiger partial charge in [0.25, 0.3) is 0 Å². The lowest BCUT2D eigenvalue weighted by Crippen LogP contribution is -2.50. The highest BCUT2D eigenvalue weighted by Gasteiger charge is 2.29. The number of rotatable bonds is 5. The third kappa shape index (κ3) is 4.97. The van der Waals surface area contributed by atoms with Gasteiger partial charge in [-0.25, -0.2) is 12.8 Å². The van der Waals surface area contributed by atoms with Crippen LogP contribution in [-0.4, -0.2) is 49.7 Å². The highest BCUT2D eigenvalue weighted by atomic mass is 32.2. The second-order valence-electron chi connectivity index (χ2n) is 5.92. The van der Waals surface area contributed by atoms with E-state index in [0.29, 0.717) is 13.1 Å². The number of carbonyl (C=O) groups excluding carboxylic acids is 1. The smallest absolute Gasteiger partial charge is 0.247 e. The number of halogens is 1. The number of hydrogen-bond acceptors (Lipinski definition) is 4. The van der Waals surface area contributed by atoms with Gasteiger partial charge in [-0.15, -0.1) is 0 Å². The molecule has 1 saturated heterocycles. The molecule has 0 unspecified atom stereocenters. The summed E-state index contributed by atoms with van der Waals surface area (Å²) in [6.45, 7) is 1.06. The Morgan fingerprint density at radius 3 is 2.22 bits per heavy atom. The van der Waals surface area contributed by atoms with E-state index in [9.17, 15) is 17.6 Å². The fraction of sp³-hybridized carbons (Fsp3) is 0.211. The number of carbonyl (C=O) groups is 1. The summed E-state index contributed by atoms with van der Waals surface area (Å²) in [5.74, 6) is -0.623. The molecule has 0 aliphatic carbocycles. The molecule has 0 atom stereocenters. The average Bonchev–Trinajstić information content (AvgIpc) is 2.69. The molecule has 1 aliphatic heterocycles. The molecule has 1 aliphatic rings.